The number of esters is 1. The molecular weight excluding hydrogens is 412 g/mol. The van der Waals surface area contributed by atoms with Gasteiger partial charge in [-0.1, -0.05) is 24.3 Å². The van der Waals surface area contributed by atoms with Gasteiger partial charge in [0.2, 0.25) is 0 Å². The molecule has 0 aromatic heterocycles. The number of benzene rings is 2. The molecule has 0 saturated carbocycles. The lowest BCUT2D eigenvalue weighted by Crippen LogP contribution is -2.28. The molecule has 8 nitrogen and oxygen atoms in total. The van der Waals surface area contributed by atoms with Gasteiger partial charge in [-0.3, -0.25) is 4.79 Å². The number of hydrogen-bond acceptors (Lipinski definition) is 6. The molecule has 2 aromatic rings. The number of carbonyl (C=O) groups is 3. The van der Waals surface area contributed by atoms with Crippen molar-refractivity contribution < 1.29 is 29.0 Å². The number of aliphatic carboxylic acids is 1. The summed E-state index contributed by atoms with van der Waals surface area (Å²) in [6, 6.07) is 13.8. The van der Waals surface area contributed by atoms with Crippen molar-refractivity contribution >= 4 is 23.5 Å². The van der Waals surface area contributed by atoms with E-state index >= 15 is 0 Å². The lowest BCUT2D eigenvalue weighted by molar-refractivity contribution is -0.138. The summed E-state index contributed by atoms with van der Waals surface area (Å²) in [6.07, 6.45) is 2.23. The molecule has 1 aliphatic heterocycles. The van der Waals surface area contributed by atoms with Crippen molar-refractivity contribution in [1.82, 2.24) is 5.32 Å². The second kappa shape index (κ2) is 10.3. The van der Waals surface area contributed by atoms with Gasteiger partial charge in [0.15, 0.2) is 0 Å². The number of carboxylic acid groups (broad SMARTS) is 1. The Kier molecular flexibility index (Phi) is 7.28. The third-order valence-electron chi connectivity index (χ3n) is 4.87. The minimum absolute atomic E-state index is 0.0334. The minimum atomic E-state index is -1.38. The van der Waals surface area contributed by atoms with E-state index in [1.54, 1.807) is 50.4 Å². The molecule has 1 amide bonds. The standard InChI is InChI=1S/C24H24N2O6/c1-3-32-24(30)18(19-12-10-15-9-11-17(31-2)13-20(15)25-19)14-21(23(28)29)26-22(27)16-7-5-4-6-8-16/h4-9,11,13-14,25H,3,10,12H2,1-2H3,(H,26,27)(H,28,29)/b19-18-,21-14-. The van der Waals surface area contributed by atoms with E-state index in [4.69, 9.17) is 9.47 Å². The van der Waals surface area contributed by atoms with Crippen LogP contribution in [0.2, 0.25) is 0 Å². The third kappa shape index (κ3) is 5.34. The first-order valence-corrected chi connectivity index (χ1v) is 10.1. The Labute approximate surface area is 185 Å². The number of rotatable bonds is 7. The summed E-state index contributed by atoms with van der Waals surface area (Å²) in [5.74, 6) is -2.02. The summed E-state index contributed by atoms with van der Waals surface area (Å²) >= 11 is 0. The first kappa shape index (κ1) is 22.6. The van der Waals surface area contributed by atoms with Crippen LogP contribution in [0.4, 0.5) is 5.69 Å². The predicted molar refractivity (Wildman–Crippen MR) is 118 cm³/mol. The van der Waals surface area contributed by atoms with Crippen LogP contribution >= 0.6 is 0 Å². The number of nitrogens with one attached hydrogen (secondary N) is 2. The molecule has 3 rings (SSSR count). The van der Waals surface area contributed by atoms with Gasteiger partial charge in [0.1, 0.15) is 11.4 Å². The molecule has 0 atom stereocenters. The van der Waals surface area contributed by atoms with Crippen molar-refractivity contribution in [2.45, 2.75) is 19.8 Å². The molecule has 0 fully saturated rings. The Morgan fingerprint density at radius 2 is 1.88 bits per heavy atom. The van der Waals surface area contributed by atoms with Crippen molar-refractivity contribution in [3.8, 4) is 5.75 Å². The van der Waals surface area contributed by atoms with E-state index in [1.165, 1.54) is 0 Å². The fourth-order valence-corrected chi connectivity index (χ4v) is 3.26. The van der Waals surface area contributed by atoms with Gasteiger partial charge in [0.25, 0.3) is 5.91 Å². The summed E-state index contributed by atoms with van der Waals surface area (Å²) in [6.45, 7) is 1.78. The molecule has 8 heteroatoms. The Morgan fingerprint density at radius 1 is 1.12 bits per heavy atom. The fourth-order valence-electron chi connectivity index (χ4n) is 3.26. The molecule has 2 aromatic carbocycles. The maximum absolute atomic E-state index is 12.7. The van der Waals surface area contributed by atoms with Gasteiger partial charge in [0.05, 0.1) is 19.3 Å². The summed E-state index contributed by atoms with van der Waals surface area (Å²) in [5.41, 5.74) is 2.18. The Balaban J connectivity index is 1.99. The van der Waals surface area contributed by atoms with Crippen LogP contribution in [-0.4, -0.2) is 36.7 Å². The number of anilines is 1. The van der Waals surface area contributed by atoms with Crippen LogP contribution in [0.15, 0.2) is 71.6 Å². The Morgan fingerprint density at radius 3 is 2.53 bits per heavy atom. The highest BCUT2D eigenvalue weighted by molar-refractivity contribution is 6.02. The average Bonchev–Trinajstić information content (AvgIpc) is 2.81. The maximum Gasteiger partial charge on any atom is 0.352 e. The lowest BCUT2D eigenvalue weighted by Gasteiger charge is -2.23. The van der Waals surface area contributed by atoms with E-state index in [9.17, 15) is 19.5 Å². The van der Waals surface area contributed by atoms with E-state index in [1.807, 2.05) is 12.1 Å². The van der Waals surface area contributed by atoms with Crippen LogP contribution < -0.4 is 15.4 Å². The molecule has 1 heterocycles. The number of carboxylic acids is 1. The number of allylic oxidation sites excluding steroid dienone is 1. The quantitative estimate of drug-likeness (QED) is 0.451. The van der Waals surface area contributed by atoms with Crippen molar-refractivity contribution in [2.75, 3.05) is 19.0 Å². The molecule has 3 N–H and O–H groups in total. The van der Waals surface area contributed by atoms with E-state index in [-0.39, 0.29) is 12.2 Å². The number of amides is 1. The topological polar surface area (TPSA) is 114 Å². The van der Waals surface area contributed by atoms with Crippen LogP contribution in [-0.2, 0) is 20.7 Å². The largest absolute Gasteiger partial charge is 0.497 e. The zero-order chi connectivity index (χ0) is 23.1. The fraction of sp³-hybridized carbons (Fsp3) is 0.208. The van der Waals surface area contributed by atoms with Gasteiger partial charge >= 0.3 is 11.9 Å². The molecular formula is C24H24N2O6. The van der Waals surface area contributed by atoms with Gasteiger partial charge in [-0.25, -0.2) is 9.59 Å². The van der Waals surface area contributed by atoms with Crippen molar-refractivity contribution in [1.29, 1.82) is 0 Å². The summed E-state index contributed by atoms with van der Waals surface area (Å²) in [5, 5.41) is 15.2. The smallest absolute Gasteiger partial charge is 0.352 e. The number of ether oxygens (including phenoxy) is 2. The monoisotopic (exact) mass is 436 g/mol. The summed E-state index contributed by atoms with van der Waals surface area (Å²) < 4.78 is 10.4. The lowest BCUT2D eigenvalue weighted by atomic mass is 9.97. The zero-order valence-electron chi connectivity index (χ0n) is 17.8. The van der Waals surface area contributed by atoms with Gasteiger partial charge < -0.3 is 25.2 Å². The molecule has 0 spiro atoms. The first-order valence-electron chi connectivity index (χ1n) is 10.1. The molecule has 1 aliphatic rings. The number of hydrogen-bond donors (Lipinski definition) is 3. The van der Waals surface area contributed by atoms with E-state index in [0.717, 1.165) is 17.3 Å². The van der Waals surface area contributed by atoms with Crippen LogP contribution in [0.25, 0.3) is 0 Å². The van der Waals surface area contributed by atoms with Crippen LogP contribution in [0.5, 0.6) is 5.75 Å². The van der Waals surface area contributed by atoms with Gasteiger partial charge in [0, 0.05) is 23.0 Å². The van der Waals surface area contributed by atoms with Gasteiger partial charge in [-0.2, -0.15) is 0 Å². The average molecular weight is 436 g/mol. The zero-order valence-corrected chi connectivity index (χ0v) is 17.8. The van der Waals surface area contributed by atoms with Gasteiger partial charge in [-0.05, 0) is 49.6 Å². The molecule has 32 heavy (non-hydrogen) atoms. The maximum atomic E-state index is 12.7. The number of fused-ring (bicyclic) bond motifs is 1. The highest BCUT2D eigenvalue weighted by atomic mass is 16.5. The van der Waals surface area contributed by atoms with Gasteiger partial charge in [-0.15, -0.1) is 0 Å². The summed E-state index contributed by atoms with van der Waals surface area (Å²) in [4.78, 5) is 37.0. The number of methoxy groups -OCH3 is 1. The highest BCUT2D eigenvalue weighted by Crippen LogP contribution is 2.32. The number of carbonyl (C=O) groups excluding carboxylic acids is 2. The Bertz CT molecular complexity index is 1090. The molecule has 0 radical (unpaired) electrons. The molecule has 166 valence electrons. The minimum Gasteiger partial charge on any atom is -0.497 e. The molecule has 0 bridgehead atoms. The molecule has 0 saturated heterocycles. The van der Waals surface area contributed by atoms with E-state index < -0.39 is 23.5 Å². The normalized spacial score (nSPS) is 14.5. The molecule has 0 unspecified atom stereocenters. The van der Waals surface area contributed by atoms with Crippen LogP contribution in [0.1, 0.15) is 29.3 Å². The number of aryl methyl sites for hydroxylation is 1. The SMILES string of the molecule is CCOC(=O)C(/C=C(\NC(=O)c1ccccc1)C(=O)O)=C1/CCc2ccc(OC)cc2N1. The van der Waals surface area contributed by atoms with E-state index in [0.29, 0.717) is 29.9 Å². The van der Waals surface area contributed by atoms with Crippen LogP contribution in [0, 0.1) is 0 Å². The van der Waals surface area contributed by atoms with E-state index in [2.05, 4.69) is 10.6 Å². The molecule has 0 aliphatic carbocycles. The highest BCUT2D eigenvalue weighted by Gasteiger charge is 2.23. The van der Waals surface area contributed by atoms with Crippen molar-refractivity contribution in [2.24, 2.45) is 0 Å². The third-order valence-corrected chi connectivity index (χ3v) is 4.87. The Hall–Kier alpha value is -4.07. The second-order valence-corrected chi connectivity index (χ2v) is 6.94. The first-order chi connectivity index (χ1) is 15.4. The second-order valence-electron chi connectivity index (χ2n) is 6.94. The van der Waals surface area contributed by atoms with Crippen molar-refractivity contribution in [3.63, 3.8) is 0 Å². The summed E-state index contributed by atoms with van der Waals surface area (Å²) in [7, 11) is 1.56. The van der Waals surface area contributed by atoms with Crippen molar-refractivity contribution in [3.05, 3.63) is 82.7 Å². The van der Waals surface area contributed by atoms with Crippen LogP contribution in [0.3, 0.4) is 0 Å². The predicted octanol–water partition coefficient (Wildman–Crippen LogP) is 3.27.